The van der Waals surface area contributed by atoms with Crippen LogP contribution in [0.1, 0.15) is 23.5 Å². The Morgan fingerprint density at radius 3 is 2.75 bits per heavy atom. The average Bonchev–Trinajstić information content (AvgIpc) is 3.00. The van der Waals surface area contributed by atoms with E-state index in [4.69, 9.17) is 0 Å². The lowest BCUT2D eigenvalue weighted by Gasteiger charge is -2.15. The Morgan fingerprint density at radius 2 is 2.20 bits per heavy atom. The van der Waals surface area contributed by atoms with Crippen LogP contribution in [-0.2, 0) is 16.0 Å². The fraction of sp³-hybridized carbons (Fsp3) is 0.643. The Morgan fingerprint density at radius 1 is 1.45 bits per heavy atom. The zero-order valence-corrected chi connectivity index (χ0v) is 12.2. The molecule has 2 aliphatic rings. The van der Waals surface area contributed by atoms with Gasteiger partial charge < -0.3 is 10.0 Å². The predicted molar refractivity (Wildman–Crippen MR) is 74.5 cm³/mol. The van der Waals surface area contributed by atoms with Crippen LogP contribution in [0.4, 0.5) is 0 Å². The maximum atomic E-state index is 12.3. The highest BCUT2D eigenvalue weighted by molar-refractivity contribution is 7.09. The number of hydrogen-bond donors (Lipinski definition) is 1. The minimum atomic E-state index is -0.762. The maximum absolute atomic E-state index is 12.3. The highest BCUT2D eigenvalue weighted by Gasteiger charge is 2.46. The van der Waals surface area contributed by atoms with Gasteiger partial charge >= 0.3 is 5.97 Å². The van der Waals surface area contributed by atoms with Gasteiger partial charge in [-0.3, -0.25) is 9.59 Å². The summed E-state index contributed by atoms with van der Waals surface area (Å²) in [7, 11) is 0. The molecule has 108 valence electrons. The largest absolute Gasteiger partial charge is 0.481 e. The fourth-order valence-electron chi connectivity index (χ4n) is 3.05. The molecular formula is C14H18N2O3S. The molecule has 1 amide bonds. The molecule has 6 heteroatoms. The zero-order valence-electron chi connectivity index (χ0n) is 11.4. The summed E-state index contributed by atoms with van der Waals surface area (Å²) in [5.41, 5.74) is 0.791. The van der Waals surface area contributed by atoms with E-state index in [1.165, 1.54) is 11.3 Å². The molecule has 1 saturated heterocycles. The summed E-state index contributed by atoms with van der Waals surface area (Å²) in [5, 5.41) is 12.2. The lowest BCUT2D eigenvalue weighted by atomic mass is 9.92. The lowest BCUT2D eigenvalue weighted by Crippen LogP contribution is -2.31. The Hall–Kier alpha value is -1.43. The number of likely N-dealkylation sites (tertiary alicyclic amines) is 1. The maximum Gasteiger partial charge on any atom is 0.308 e. The van der Waals surface area contributed by atoms with E-state index in [2.05, 4.69) is 4.98 Å². The van der Waals surface area contributed by atoms with Crippen LogP contribution in [0.3, 0.4) is 0 Å². The Kier molecular flexibility index (Phi) is 3.50. The summed E-state index contributed by atoms with van der Waals surface area (Å²) in [6, 6.07) is 0. The average molecular weight is 294 g/mol. The molecule has 1 saturated carbocycles. The molecule has 1 aliphatic heterocycles. The number of carboxylic acid groups (broad SMARTS) is 1. The molecule has 5 nitrogen and oxygen atoms in total. The number of carbonyl (C=O) groups excluding carboxylic acids is 1. The molecule has 0 spiro atoms. The van der Waals surface area contributed by atoms with Gasteiger partial charge in [0.15, 0.2) is 0 Å². The van der Waals surface area contributed by atoms with E-state index < -0.39 is 5.97 Å². The second-order valence-electron chi connectivity index (χ2n) is 5.78. The topological polar surface area (TPSA) is 70.5 Å². The van der Waals surface area contributed by atoms with Crippen molar-refractivity contribution in [2.45, 2.75) is 26.2 Å². The molecule has 3 rings (SSSR count). The van der Waals surface area contributed by atoms with Crippen molar-refractivity contribution >= 4 is 23.2 Å². The van der Waals surface area contributed by atoms with Gasteiger partial charge in [0.25, 0.3) is 0 Å². The fourth-order valence-corrected chi connectivity index (χ4v) is 3.66. The standard InChI is InChI=1S/C14H18N2O3S/c1-8-15-10(7-20-8)4-13(17)16-5-11(9-2-3-9)12(6-16)14(18)19/h7,9,11-12H,2-6H2,1H3,(H,18,19)/t11-,12+/m0/s1. The Bertz CT molecular complexity index is 538. The summed E-state index contributed by atoms with van der Waals surface area (Å²) in [5.74, 6) is -0.487. The van der Waals surface area contributed by atoms with Crippen LogP contribution >= 0.6 is 11.3 Å². The van der Waals surface area contributed by atoms with Crippen molar-refractivity contribution in [3.8, 4) is 0 Å². The molecule has 0 bridgehead atoms. The molecule has 0 radical (unpaired) electrons. The normalized spacial score (nSPS) is 25.9. The number of carboxylic acids is 1. The van der Waals surface area contributed by atoms with E-state index in [0.717, 1.165) is 23.5 Å². The van der Waals surface area contributed by atoms with Gasteiger partial charge in [-0.2, -0.15) is 0 Å². The van der Waals surface area contributed by atoms with E-state index in [1.807, 2.05) is 12.3 Å². The van der Waals surface area contributed by atoms with Gasteiger partial charge in [0.1, 0.15) is 0 Å². The van der Waals surface area contributed by atoms with Gasteiger partial charge in [0, 0.05) is 18.5 Å². The molecule has 1 N–H and O–H groups in total. The van der Waals surface area contributed by atoms with Crippen LogP contribution in [0.5, 0.6) is 0 Å². The van der Waals surface area contributed by atoms with E-state index in [0.29, 0.717) is 19.0 Å². The van der Waals surface area contributed by atoms with E-state index in [-0.39, 0.29) is 24.2 Å². The van der Waals surface area contributed by atoms with Crippen LogP contribution in [0.2, 0.25) is 0 Å². The molecule has 2 heterocycles. The van der Waals surface area contributed by atoms with Gasteiger partial charge in [0.2, 0.25) is 5.91 Å². The Labute approximate surface area is 121 Å². The SMILES string of the molecule is Cc1nc(CC(=O)N2C[C@@H](C(=O)O)[C@H](C3CC3)C2)cs1. The number of nitrogens with zero attached hydrogens (tertiary/aromatic N) is 2. The van der Waals surface area contributed by atoms with E-state index in [9.17, 15) is 14.7 Å². The van der Waals surface area contributed by atoms with Crippen molar-refractivity contribution in [2.75, 3.05) is 13.1 Å². The van der Waals surface area contributed by atoms with Crippen LogP contribution in [0, 0.1) is 24.7 Å². The monoisotopic (exact) mass is 294 g/mol. The van der Waals surface area contributed by atoms with Gasteiger partial charge in [-0.1, -0.05) is 0 Å². The first-order chi connectivity index (χ1) is 9.54. The highest BCUT2D eigenvalue weighted by Crippen LogP contribution is 2.44. The molecule has 1 aliphatic carbocycles. The summed E-state index contributed by atoms with van der Waals surface area (Å²) >= 11 is 1.53. The number of carbonyl (C=O) groups is 2. The number of aromatic nitrogens is 1. The van der Waals surface area contributed by atoms with Crippen molar-refractivity contribution in [2.24, 2.45) is 17.8 Å². The predicted octanol–water partition coefficient (Wildman–Crippen LogP) is 1.56. The summed E-state index contributed by atoms with van der Waals surface area (Å²) in [6.07, 6.45) is 2.51. The first-order valence-electron chi connectivity index (χ1n) is 6.96. The Balaban J connectivity index is 1.65. The third-order valence-electron chi connectivity index (χ3n) is 4.26. The number of thiazole rings is 1. The lowest BCUT2D eigenvalue weighted by molar-refractivity contribution is -0.142. The second kappa shape index (κ2) is 5.16. The third-order valence-corrected chi connectivity index (χ3v) is 5.08. The minimum Gasteiger partial charge on any atom is -0.481 e. The summed E-state index contributed by atoms with van der Waals surface area (Å²) < 4.78 is 0. The van der Waals surface area contributed by atoms with Crippen molar-refractivity contribution in [1.29, 1.82) is 0 Å². The number of rotatable bonds is 4. The minimum absolute atomic E-state index is 0.00435. The first kappa shape index (κ1) is 13.5. The van der Waals surface area contributed by atoms with E-state index in [1.54, 1.807) is 4.90 Å². The summed E-state index contributed by atoms with van der Waals surface area (Å²) in [4.78, 5) is 29.6. The van der Waals surface area contributed by atoms with Crippen molar-refractivity contribution in [3.05, 3.63) is 16.1 Å². The van der Waals surface area contributed by atoms with Crippen molar-refractivity contribution < 1.29 is 14.7 Å². The molecule has 1 aromatic rings. The molecule has 1 aromatic heterocycles. The van der Waals surface area contributed by atoms with Crippen LogP contribution in [0.25, 0.3) is 0 Å². The number of aliphatic carboxylic acids is 1. The van der Waals surface area contributed by atoms with Gasteiger partial charge in [0.05, 0.1) is 23.0 Å². The van der Waals surface area contributed by atoms with Crippen LogP contribution in [0.15, 0.2) is 5.38 Å². The van der Waals surface area contributed by atoms with Crippen molar-refractivity contribution in [3.63, 3.8) is 0 Å². The number of hydrogen-bond acceptors (Lipinski definition) is 4. The zero-order chi connectivity index (χ0) is 14.3. The molecule has 2 atom stereocenters. The quantitative estimate of drug-likeness (QED) is 0.915. The van der Waals surface area contributed by atoms with Gasteiger partial charge in [-0.15, -0.1) is 11.3 Å². The molecule has 20 heavy (non-hydrogen) atoms. The molecule has 0 unspecified atom stereocenters. The third kappa shape index (κ3) is 2.70. The smallest absolute Gasteiger partial charge is 0.308 e. The summed E-state index contributed by atoms with van der Waals surface area (Å²) in [6.45, 7) is 2.88. The van der Waals surface area contributed by atoms with Gasteiger partial charge in [-0.05, 0) is 31.6 Å². The number of aryl methyl sites for hydroxylation is 1. The van der Waals surface area contributed by atoms with E-state index >= 15 is 0 Å². The van der Waals surface area contributed by atoms with Crippen LogP contribution < -0.4 is 0 Å². The highest BCUT2D eigenvalue weighted by atomic mass is 32.1. The molecule has 2 fully saturated rings. The first-order valence-corrected chi connectivity index (χ1v) is 7.84. The number of amides is 1. The van der Waals surface area contributed by atoms with Gasteiger partial charge in [-0.25, -0.2) is 4.98 Å². The molecule has 0 aromatic carbocycles. The second-order valence-corrected chi connectivity index (χ2v) is 6.84. The van der Waals surface area contributed by atoms with Crippen molar-refractivity contribution in [1.82, 2.24) is 9.88 Å². The van der Waals surface area contributed by atoms with Crippen LogP contribution in [-0.4, -0.2) is 40.0 Å². The molecular weight excluding hydrogens is 276 g/mol.